The number of rotatable bonds is 6. The molecule has 0 radical (unpaired) electrons. The van der Waals surface area contributed by atoms with Crippen molar-refractivity contribution in [1.29, 1.82) is 0 Å². The molecule has 4 rings (SSSR count). The Morgan fingerprint density at radius 2 is 1.67 bits per heavy atom. The summed E-state index contributed by atoms with van der Waals surface area (Å²) >= 11 is 4.43. The van der Waals surface area contributed by atoms with Crippen LogP contribution in [0.3, 0.4) is 0 Å². The lowest BCUT2D eigenvalue weighted by Gasteiger charge is -2.62. The maximum atomic E-state index is 12.5. The minimum Gasteiger partial charge on any atom is -0.462 e. The molecule has 6 heteroatoms. The summed E-state index contributed by atoms with van der Waals surface area (Å²) in [5.41, 5.74) is -0.905. The predicted molar refractivity (Wildman–Crippen MR) is 88.8 cm³/mol. The van der Waals surface area contributed by atoms with E-state index in [0.717, 1.165) is 43.3 Å². The summed E-state index contributed by atoms with van der Waals surface area (Å²) in [7, 11) is 0. The van der Waals surface area contributed by atoms with Gasteiger partial charge < -0.3 is 4.74 Å². The second-order valence-corrected chi connectivity index (χ2v) is 8.74. The van der Waals surface area contributed by atoms with Crippen molar-refractivity contribution in [3.05, 3.63) is 12.2 Å². The second kappa shape index (κ2) is 6.26. The van der Waals surface area contributed by atoms with E-state index in [4.69, 9.17) is 4.74 Å². The van der Waals surface area contributed by atoms with Crippen LogP contribution >= 0.6 is 12.6 Å². The molecule has 24 heavy (non-hydrogen) atoms. The van der Waals surface area contributed by atoms with Crippen LogP contribution in [0.15, 0.2) is 12.2 Å². The van der Waals surface area contributed by atoms with Crippen molar-refractivity contribution < 1.29 is 22.7 Å². The summed E-state index contributed by atoms with van der Waals surface area (Å²) in [6.45, 7) is 2.86. The van der Waals surface area contributed by atoms with Gasteiger partial charge in [0.15, 0.2) is 0 Å². The molecule has 0 aromatic rings. The molecule has 0 heterocycles. The smallest absolute Gasteiger partial charge is 0.422 e. The molecule has 4 aliphatic carbocycles. The Morgan fingerprint density at radius 1 is 1.12 bits per heavy atom. The number of hydrogen-bond acceptors (Lipinski definition) is 3. The van der Waals surface area contributed by atoms with Crippen LogP contribution in [0.5, 0.6) is 0 Å². The van der Waals surface area contributed by atoms with Gasteiger partial charge in [-0.05, 0) is 79.8 Å². The van der Waals surface area contributed by atoms with Crippen LogP contribution in [0.2, 0.25) is 0 Å². The van der Waals surface area contributed by atoms with Crippen LogP contribution in [0, 0.1) is 22.7 Å². The highest BCUT2D eigenvalue weighted by Gasteiger charge is 2.56. The van der Waals surface area contributed by atoms with Gasteiger partial charge in [-0.25, -0.2) is 4.79 Å². The standard InChI is InChI=1S/C18H25F3O2S/c1-12(18(19,20)21)15(22)23-4-2-16-7-13-6-14(8-16)10-17(9-13,11-16)3-5-24/h13-14,24H,1-11H2. The van der Waals surface area contributed by atoms with Gasteiger partial charge >= 0.3 is 12.1 Å². The van der Waals surface area contributed by atoms with E-state index < -0.39 is 17.7 Å². The molecule has 136 valence electrons. The fourth-order valence-corrected chi connectivity index (χ4v) is 6.51. The minimum absolute atomic E-state index is 0.0598. The van der Waals surface area contributed by atoms with Gasteiger partial charge in [0.25, 0.3) is 0 Å². The Balaban J connectivity index is 1.59. The molecule has 0 aromatic carbocycles. The van der Waals surface area contributed by atoms with Crippen LogP contribution in [-0.2, 0) is 9.53 Å². The zero-order valence-electron chi connectivity index (χ0n) is 13.8. The highest BCUT2D eigenvalue weighted by molar-refractivity contribution is 7.80. The van der Waals surface area contributed by atoms with Crippen LogP contribution < -0.4 is 0 Å². The molecule has 0 amide bonds. The lowest BCUT2D eigenvalue weighted by molar-refractivity contribution is -0.154. The number of alkyl halides is 3. The third kappa shape index (κ3) is 3.49. The summed E-state index contributed by atoms with van der Waals surface area (Å²) in [5.74, 6) is 1.01. The number of carbonyl (C=O) groups is 1. The molecule has 4 bridgehead atoms. The van der Waals surface area contributed by atoms with E-state index in [2.05, 4.69) is 19.2 Å². The molecule has 2 atom stereocenters. The van der Waals surface area contributed by atoms with Gasteiger partial charge in [0, 0.05) is 0 Å². The average molecular weight is 362 g/mol. The minimum atomic E-state index is -4.71. The molecule has 0 spiro atoms. The van der Waals surface area contributed by atoms with Gasteiger partial charge in [0.2, 0.25) is 0 Å². The molecule has 4 saturated carbocycles. The second-order valence-electron chi connectivity index (χ2n) is 8.30. The third-order valence-corrected chi connectivity index (χ3v) is 6.62. The van der Waals surface area contributed by atoms with E-state index in [-0.39, 0.29) is 12.0 Å². The molecular weight excluding hydrogens is 337 g/mol. The van der Waals surface area contributed by atoms with Crippen molar-refractivity contribution in [3.63, 3.8) is 0 Å². The number of carbonyl (C=O) groups excluding carboxylic acids is 1. The Hall–Kier alpha value is -0.650. The monoisotopic (exact) mass is 362 g/mol. The van der Waals surface area contributed by atoms with Crippen molar-refractivity contribution in [1.82, 2.24) is 0 Å². The summed E-state index contributed by atoms with van der Waals surface area (Å²) in [4.78, 5) is 11.5. The van der Waals surface area contributed by atoms with Gasteiger partial charge in [-0.15, -0.1) is 0 Å². The maximum absolute atomic E-state index is 12.5. The molecule has 0 saturated heterocycles. The zero-order valence-corrected chi connectivity index (χ0v) is 14.7. The van der Waals surface area contributed by atoms with E-state index in [1.165, 1.54) is 19.3 Å². The third-order valence-electron chi connectivity index (χ3n) is 6.40. The fraction of sp³-hybridized carbons (Fsp3) is 0.833. The lowest BCUT2D eigenvalue weighted by Crippen LogP contribution is -2.52. The normalized spacial score (nSPS) is 37.5. The molecule has 2 nitrogen and oxygen atoms in total. The first-order valence-corrected chi connectivity index (χ1v) is 9.34. The van der Waals surface area contributed by atoms with Crippen molar-refractivity contribution in [2.45, 2.75) is 57.5 Å². The lowest BCUT2D eigenvalue weighted by atomic mass is 9.43. The average Bonchev–Trinajstić information content (AvgIpc) is 2.43. The highest BCUT2D eigenvalue weighted by Crippen LogP contribution is 2.67. The van der Waals surface area contributed by atoms with Crippen LogP contribution in [-0.4, -0.2) is 24.5 Å². The molecule has 0 N–H and O–H groups in total. The van der Waals surface area contributed by atoms with E-state index in [0.29, 0.717) is 11.8 Å². The van der Waals surface area contributed by atoms with Crippen molar-refractivity contribution in [3.8, 4) is 0 Å². The Kier molecular flexibility index (Phi) is 4.73. The molecule has 2 unspecified atom stereocenters. The highest BCUT2D eigenvalue weighted by atomic mass is 32.1. The van der Waals surface area contributed by atoms with Gasteiger partial charge in [-0.1, -0.05) is 6.58 Å². The topological polar surface area (TPSA) is 26.3 Å². The van der Waals surface area contributed by atoms with Gasteiger partial charge in [-0.3, -0.25) is 0 Å². The van der Waals surface area contributed by atoms with Gasteiger partial charge in [0.1, 0.15) is 5.57 Å². The van der Waals surface area contributed by atoms with Gasteiger partial charge in [0.05, 0.1) is 6.61 Å². The number of thiol groups is 1. The Labute approximate surface area is 146 Å². The number of hydrogen-bond donors (Lipinski definition) is 1. The fourth-order valence-electron chi connectivity index (χ4n) is 6.03. The summed E-state index contributed by atoms with van der Waals surface area (Å²) in [6, 6.07) is 0. The molecule has 0 aliphatic heterocycles. The number of halogens is 3. The van der Waals surface area contributed by atoms with Crippen LogP contribution in [0.25, 0.3) is 0 Å². The first-order valence-electron chi connectivity index (χ1n) is 8.71. The van der Waals surface area contributed by atoms with E-state index in [9.17, 15) is 18.0 Å². The zero-order chi connectivity index (χ0) is 17.6. The largest absolute Gasteiger partial charge is 0.462 e. The molecule has 0 aromatic heterocycles. The van der Waals surface area contributed by atoms with Crippen LogP contribution in [0.1, 0.15) is 51.4 Å². The van der Waals surface area contributed by atoms with E-state index in [1.54, 1.807) is 0 Å². The quantitative estimate of drug-likeness (QED) is 0.411. The first-order chi connectivity index (χ1) is 11.2. The van der Waals surface area contributed by atoms with Crippen molar-refractivity contribution >= 4 is 18.6 Å². The van der Waals surface area contributed by atoms with Crippen LogP contribution in [0.4, 0.5) is 13.2 Å². The molecule has 4 aliphatic rings. The summed E-state index contributed by atoms with van der Waals surface area (Å²) < 4.78 is 42.3. The van der Waals surface area contributed by atoms with E-state index >= 15 is 0 Å². The molecular formula is C18H25F3O2S. The summed E-state index contributed by atoms with van der Waals surface area (Å²) in [6.07, 6.45) is 4.30. The maximum Gasteiger partial charge on any atom is 0.422 e. The number of esters is 1. The van der Waals surface area contributed by atoms with Gasteiger partial charge in [-0.2, -0.15) is 25.8 Å². The van der Waals surface area contributed by atoms with E-state index in [1.807, 2.05) is 0 Å². The number of ether oxygens (including phenoxy) is 1. The Bertz CT molecular complexity index is 515. The van der Waals surface area contributed by atoms with Crippen molar-refractivity contribution in [2.24, 2.45) is 22.7 Å². The first kappa shape index (κ1) is 18.2. The Morgan fingerprint density at radius 3 is 2.17 bits per heavy atom. The molecule has 4 fully saturated rings. The predicted octanol–water partition coefficient (Wildman–Crippen LogP) is 4.94. The summed E-state index contributed by atoms with van der Waals surface area (Å²) in [5, 5.41) is 0. The SMILES string of the molecule is C=C(C(=O)OCCC12CC3CC(CC(CCS)(C3)C1)C2)C(F)(F)F. The van der Waals surface area contributed by atoms with Crippen molar-refractivity contribution in [2.75, 3.05) is 12.4 Å².